The van der Waals surface area contributed by atoms with Crippen LogP contribution in [0.15, 0.2) is 33.2 Å². The molecule has 0 saturated heterocycles. The quantitative estimate of drug-likeness (QED) is 0.848. The van der Waals surface area contributed by atoms with Crippen molar-refractivity contribution in [1.29, 1.82) is 0 Å². The van der Waals surface area contributed by atoms with E-state index in [0.29, 0.717) is 4.21 Å². The van der Waals surface area contributed by atoms with Gasteiger partial charge < -0.3 is 4.74 Å². The summed E-state index contributed by atoms with van der Waals surface area (Å²) in [6.45, 7) is 2.24. The lowest BCUT2D eigenvalue weighted by atomic mass is 10.2. The van der Waals surface area contributed by atoms with Gasteiger partial charge in [0.05, 0.1) is 6.10 Å². The molecule has 1 N–H and O–H groups in total. The smallest absolute Gasteiger partial charge is 0.250 e. The van der Waals surface area contributed by atoms with Crippen molar-refractivity contribution in [2.24, 2.45) is 0 Å². The Morgan fingerprint density at radius 1 is 1.35 bits per heavy atom. The summed E-state index contributed by atoms with van der Waals surface area (Å²) in [6, 6.07) is 5.44. The molecule has 4 nitrogen and oxygen atoms in total. The van der Waals surface area contributed by atoms with Gasteiger partial charge >= 0.3 is 0 Å². The van der Waals surface area contributed by atoms with Gasteiger partial charge in [0.25, 0.3) is 0 Å². The Kier molecular flexibility index (Phi) is 5.34. The molecule has 1 atom stereocenters. The molecule has 2 rings (SSSR count). The molecule has 0 aliphatic carbocycles. The molecule has 2 aromatic heterocycles. The minimum absolute atomic E-state index is 0.231. The van der Waals surface area contributed by atoms with Crippen molar-refractivity contribution in [2.45, 2.75) is 23.7 Å². The molecule has 2 heterocycles. The van der Waals surface area contributed by atoms with Crippen LogP contribution in [0.5, 0.6) is 0 Å². The highest BCUT2D eigenvalue weighted by Gasteiger charge is 2.19. The van der Waals surface area contributed by atoms with E-state index in [1.807, 2.05) is 29.8 Å². The Morgan fingerprint density at radius 3 is 2.70 bits per heavy atom. The van der Waals surface area contributed by atoms with Crippen LogP contribution in [0.2, 0.25) is 0 Å². The van der Waals surface area contributed by atoms with E-state index in [9.17, 15) is 8.42 Å². The molecular weight excluding hydrogens is 314 g/mol. The van der Waals surface area contributed by atoms with Gasteiger partial charge in [-0.25, -0.2) is 13.1 Å². The van der Waals surface area contributed by atoms with Gasteiger partial charge in [0.15, 0.2) is 0 Å². The van der Waals surface area contributed by atoms with Gasteiger partial charge in [-0.05, 0) is 40.9 Å². The number of aryl methyl sites for hydroxylation is 1. The molecule has 0 aromatic carbocycles. The van der Waals surface area contributed by atoms with Gasteiger partial charge in [-0.2, -0.15) is 11.3 Å². The number of ether oxygens (including phenoxy) is 1. The summed E-state index contributed by atoms with van der Waals surface area (Å²) >= 11 is 2.87. The van der Waals surface area contributed by atoms with Gasteiger partial charge in [0, 0.05) is 18.5 Å². The summed E-state index contributed by atoms with van der Waals surface area (Å²) in [5.74, 6) is 0. The van der Waals surface area contributed by atoms with E-state index < -0.39 is 10.0 Å². The summed E-state index contributed by atoms with van der Waals surface area (Å²) in [6.07, 6.45) is 0.581. The van der Waals surface area contributed by atoms with Crippen LogP contribution in [-0.2, 0) is 21.2 Å². The molecule has 0 fully saturated rings. The minimum Gasteiger partial charge on any atom is -0.375 e. The fraction of sp³-hybridized carbons (Fsp3) is 0.385. The Morgan fingerprint density at radius 2 is 2.15 bits per heavy atom. The van der Waals surface area contributed by atoms with E-state index >= 15 is 0 Å². The number of hydrogen-bond donors (Lipinski definition) is 1. The molecule has 7 heteroatoms. The molecule has 0 amide bonds. The highest BCUT2D eigenvalue weighted by atomic mass is 32.2. The molecule has 0 saturated carbocycles. The third-order valence-corrected chi connectivity index (χ3v) is 6.75. The van der Waals surface area contributed by atoms with Crippen LogP contribution >= 0.6 is 22.7 Å². The molecule has 0 bridgehead atoms. The monoisotopic (exact) mass is 331 g/mol. The molecule has 20 heavy (non-hydrogen) atoms. The first-order chi connectivity index (χ1) is 9.56. The number of sulfonamides is 1. The Labute approximate surface area is 127 Å². The van der Waals surface area contributed by atoms with E-state index in [1.54, 1.807) is 24.5 Å². The number of methoxy groups -OCH3 is 1. The zero-order valence-electron chi connectivity index (χ0n) is 11.3. The summed E-state index contributed by atoms with van der Waals surface area (Å²) in [5, 5.41) is 3.91. The van der Waals surface area contributed by atoms with Crippen molar-refractivity contribution in [3.63, 3.8) is 0 Å². The van der Waals surface area contributed by atoms with Crippen molar-refractivity contribution in [3.8, 4) is 0 Å². The molecule has 0 spiro atoms. The SMILES string of the molecule is CCc1ccc(S(=O)(=O)NCC(OC)c2ccsc2)s1. The van der Waals surface area contributed by atoms with Crippen LogP contribution in [0.25, 0.3) is 0 Å². The first kappa shape index (κ1) is 15.7. The lowest BCUT2D eigenvalue weighted by Gasteiger charge is -2.14. The zero-order valence-corrected chi connectivity index (χ0v) is 13.8. The van der Waals surface area contributed by atoms with Crippen molar-refractivity contribution in [2.75, 3.05) is 13.7 Å². The Hall–Kier alpha value is -0.730. The topological polar surface area (TPSA) is 55.4 Å². The molecular formula is C13H17NO3S3. The molecule has 2 aromatic rings. The van der Waals surface area contributed by atoms with Crippen molar-refractivity contribution >= 4 is 32.7 Å². The van der Waals surface area contributed by atoms with Crippen LogP contribution < -0.4 is 4.72 Å². The highest BCUT2D eigenvalue weighted by molar-refractivity contribution is 7.91. The molecule has 1 unspecified atom stereocenters. The second-order valence-electron chi connectivity index (χ2n) is 4.21. The van der Waals surface area contributed by atoms with Crippen molar-refractivity contribution in [3.05, 3.63) is 39.4 Å². The summed E-state index contributed by atoms with van der Waals surface area (Å²) in [7, 11) is -1.87. The van der Waals surface area contributed by atoms with E-state index in [-0.39, 0.29) is 12.6 Å². The van der Waals surface area contributed by atoms with Gasteiger partial charge in [-0.3, -0.25) is 0 Å². The third-order valence-electron chi connectivity index (χ3n) is 2.91. The van der Waals surface area contributed by atoms with Crippen LogP contribution in [0.4, 0.5) is 0 Å². The third kappa shape index (κ3) is 3.67. The normalized spacial score (nSPS) is 13.5. The van der Waals surface area contributed by atoms with E-state index in [4.69, 9.17) is 4.74 Å². The summed E-state index contributed by atoms with van der Waals surface area (Å²) < 4.78 is 32.7. The van der Waals surface area contributed by atoms with Crippen LogP contribution in [0.1, 0.15) is 23.5 Å². The predicted molar refractivity (Wildman–Crippen MR) is 83.0 cm³/mol. The predicted octanol–water partition coefficient (Wildman–Crippen LogP) is 3.04. The number of rotatable bonds is 7. The maximum Gasteiger partial charge on any atom is 0.250 e. The average Bonchev–Trinajstić information content (AvgIpc) is 3.11. The van der Waals surface area contributed by atoms with E-state index in [2.05, 4.69) is 4.72 Å². The summed E-state index contributed by atoms with van der Waals surface area (Å²) in [4.78, 5) is 1.06. The Balaban J connectivity index is 2.05. The number of thiophene rings is 2. The largest absolute Gasteiger partial charge is 0.375 e. The van der Waals surface area contributed by atoms with Crippen LogP contribution in [0, 0.1) is 0 Å². The number of hydrogen-bond acceptors (Lipinski definition) is 5. The van der Waals surface area contributed by atoms with Crippen molar-refractivity contribution < 1.29 is 13.2 Å². The zero-order chi connectivity index (χ0) is 14.6. The molecule has 110 valence electrons. The van der Waals surface area contributed by atoms with Gasteiger partial charge in [0.2, 0.25) is 10.0 Å². The first-order valence-electron chi connectivity index (χ1n) is 6.20. The fourth-order valence-electron chi connectivity index (χ4n) is 1.74. The standard InChI is InChI=1S/C13H17NO3S3/c1-3-11-4-5-13(19-11)20(15,16)14-8-12(17-2)10-6-7-18-9-10/h4-7,9,12,14H,3,8H2,1-2H3. The average molecular weight is 331 g/mol. The van der Waals surface area contributed by atoms with Crippen LogP contribution in [0.3, 0.4) is 0 Å². The highest BCUT2D eigenvalue weighted by Crippen LogP contribution is 2.23. The molecule has 0 radical (unpaired) electrons. The first-order valence-corrected chi connectivity index (χ1v) is 9.44. The van der Waals surface area contributed by atoms with Gasteiger partial charge in [-0.1, -0.05) is 6.92 Å². The van der Waals surface area contributed by atoms with Crippen LogP contribution in [-0.4, -0.2) is 22.1 Å². The fourth-order valence-corrected chi connectivity index (χ4v) is 4.82. The number of nitrogens with one attached hydrogen (secondary N) is 1. The second-order valence-corrected chi connectivity index (χ2v) is 8.15. The maximum atomic E-state index is 12.2. The van der Waals surface area contributed by atoms with Gasteiger partial charge in [0.1, 0.15) is 4.21 Å². The lowest BCUT2D eigenvalue weighted by Crippen LogP contribution is -2.28. The van der Waals surface area contributed by atoms with E-state index in [0.717, 1.165) is 16.9 Å². The molecule has 0 aliphatic heterocycles. The van der Waals surface area contributed by atoms with Gasteiger partial charge in [-0.15, -0.1) is 11.3 Å². The van der Waals surface area contributed by atoms with Crippen molar-refractivity contribution in [1.82, 2.24) is 4.72 Å². The van der Waals surface area contributed by atoms with E-state index in [1.165, 1.54) is 11.3 Å². The maximum absolute atomic E-state index is 12.2. The Bertz CT molecular complexity index is 632. The lowest BCUT2D eigenvalue weighted by molar-refractivity contribution is 0.107. The second kappa shape index (κ2) is 6.82. The minimum atomic E-state index is -3.45. The summed E-state index contributed by atoms with van der Waals surface area (Å²) in [5.41, 5.74) is 0.987. The molecule has 0 aliphatic rings.